The highest BCUT2D eigenvalue weighted by Crippen LogP contribution is 2.27. The molecule has 0 saturated carbocycles. The van der Waals surface area contributed by atoms with Crippen LogP contribution < -0.4 is 5.73 Å². The first-order valence-electron chi connectivity index (χ1n) is 4.24. The van der Waals surface area contributed by atoms with Crippen LogP contribution in [0.25, 0.3) is 11.4 Å². The summed E-state index contributed by atoms with van der Waals surface area (Å²) in [7, 11) is 1.80. The Balaban J connectivity index is 2.69. The fourth-order valence-corrected chi connectivity index (χ4v) is 1.80. The van der Waals surface area contributed by atoms with Crippen LogP contribution >= 0.6 is 15.9 Å². The number of hydrogen-bond acceptors (Lipinski definition) is 5. The van der Waals surface area contributed by atoms with Crippen LogP contribution in [0, 0.1) is 6.92 Å². The summed E-state index contributed by atoms with van der Waals surface area (Å²) in [6.45, 7) is 1.87. The Bertz CT molecular complexity index is 486. The molecule has 0 aromatic carbocycles. The summed E-state index contributed by atoms with van der Waals surface area (Å²) in [6, 6.07) is 0. The predicted octanol–water partition coefficient (Wildman–Crippen LogP) is 0.925. The van der Waals surface area contributed by atoms with Crippen molar-refractivity contribution in [3.05, 3.63) is 16.5 Å². The molecule has 6 nitrogen and oxygen atoms in total. The molecule has 0 atom stereocenters. The van der Waals surface area contributed by atoms with Crippen LogP contribution in [0.2, 0.25) is 0 Å². The topological polar surface area (TPSA) is 82.5 Å². The number of nitrogens with zero attached hydrogens (tertiary/aromatic N) is 5. The summed E-state index contributed by atoms with van der Waals surface area (Å²) >= 11 is 3.32. The van der Waals surface area contributed by atoms with Crippen molar-refractivity contribution in [2.24, 2.45) is 7.05 Å². The molecule has 0 aliphatic rings. The zero-order valence-electron chi connectivity index (χ0n) is 8.27. The van der Waals surface area contributed by atoms with Gasteiger partial charge in [-0.05, 0) is 22.9 Å². The maximum Gasteiger partial charge on any atom is 0.157 e. The van der Waals surface area contributed by atoms with Crippen molar-refractivity contribution >= 4 is 21.7 Å². The van der Waals surface area contributed by atoms with Crippen LogP contribution in [-0.2, 0) is 7.05 Å². The van der Waals surface area contributed by atoms with E-state index in [0.717, 1.165) is 17.0 Å². The highest BCUT2D eigenvalue weighted by atomic mass is 79.9. The molecule has 0 saturated heterocycles. The summed E-state index contributed by atoms with van der Waals surface area (Å²) in [4.78, 5) is 8.09. The van der Waals surface area contributed by atoms with E-state index in [0.29, 0.717) is 10.4 Å². The average molecular weight is 269 g/mol. The minimum Gasteiger partial charge on any atom is -0.383 e. The lowest BCUT2D eigenvalue weighted by Crippen LogP contribution is -2.02. The van der Waals surface area contributed by atoms with Gasteiger partial charge in [-0.2, -0.15) is 0 Å². The Morgan fingerprint density at radius 2 is 2.13 bits per heavy atom. The molecule has 0 aliphatic carbocycles. The van der Waals surface area contributed by atoms with Gasteiger partial charge in [-0.1, -0.05) is 5.21 Å². The zero-order valence-corrected chi connectivity index (χ0v) is 9.85. The Hall–Kier alpha value is -1.50. The minimum absolute atomic E-state index is 0.466. The third-order valence-electron chi connectivity index (χ3n) is 2.13. The summed E-state index contributed by atoms with van der Waals surface area (Å²) in [6.07, 6.45) is 1.43. The standard InChI is InChI=1S/C8H9BrN6/c1-4-5(11-3-12-8(4)10)6-7(9)13-14-15(6)2/h3H,1-2H3,(H2,10,11,12). The van der Waals surface area contributed by atoms with Crippen LogP contribution in [0.4, 0.5) is 5.82 Å². The van der Waals surface area contributed by atoms with Gasteiger partial charge in [-0.25, -0.2) is 14.6 Å². The number of aromatic nitrogens is 5. The van der Waals surface area contributed by atoms with E-state index in [4.69, 9.17) is 5.73 Å². The first kappa shape index (κ1) is 10.0. The van der Waals surface area contributed by atoms with E-state index >= 15 is 0 Å². The van der Waals surface area contributed by atoms with Gasteiger partial charge in [0.05, 0.1) is 5.69 Å². The van der Waals surface area contributed by atoms with Gasteiger partial charge in [0.15, 0.2) is 4.60 Å². The van der Waals surface area contributed by atoms with Gasteiger partial charge < -0.3 is 5.73 Å². The van der Waals surface area contributed by atoms with Gasteiger partial charge in [0.1, 0.15) is 17.8 Å². The van der Waals surface area contributed by atoms with Gasteiger partial charge in [0.25, 0.3) is 0 Å². The number of rotatable bonds is 1. The molecule has 0 radical (unpaired) electrons. The Morgan fingerprint density at radius 1 is 1.40 bits per heavy atom. The maximum atomic E-state index is 5.71. The molecular weight excluding hydrogens is 260 g/mol. The number of nitrogens with two attached hydrogens (primary N) is 1. The van der Waals surface area contributed by atoms with Crippen LogP contribution in [0.1, 0.15) is 5.56 Å². The second kappa shape index (κ2) is 3.58. The van der Waals surface area contributed by atoms with E-state index in [2.05, 4.69) is 36.2 Å². The van der Waals surface area contributed by atoms with Crippen LogP contribution in [-0.4, -0.2) is 25.0 Å². The molecule has 2 rings (SSSR count). The highest BCUT2D eigenvalue weighted by Gasteiger charge is 2.15. The van der Waals surface area contributed by atoms with Crippen molar-refractivity contribution in [1.29, 1.82) is 0 Å². The molecule has 0 spiro atoms. The van der Waals surface area contributed by atoms with Crippen molar-refractivity contribution in [1.82, 2.24) is 25.0 Å². The lowest BCUT2D eigenvalue weighted by Gasteiger charge is -2.05. The van der Waals surface area contributed by atoms with Gasteiger partial charge >= 0.3 is 0 Å². The smallest absolute Gasteiger partial charge is 0.157 e. The normalized spacial score (nSPS) is 10.6. The van der Waals surface area contributed by atoms with Crippen LogP contribution in [0.3, 0.4) is 0 Å². The summed E-state index contributed by atoms with van der Waals surface area (Å²) < 4.78 is 2.28. The molecule has 0 aliphatic heterocycles. The van der Waals surface area contributed by atoms with Crippen molar-refractivity contribution < 1.29 is 0 Å². The maximum absolute atomic E-state index is 5.71. The molecule has 2 N–H and O–H groups in total. The number of anilines is 1. The molecular formula is C8H9BrN6. The third kappa shape index (κ3) is 1.58. The first-order valence-corrected chi connectivity index (χ1v) is 5.03. The monoisotopic (exact) mass is 268 g/mol. The largest absolute Gasteiger partial charge is 0.383 e. The van der Waals surface area contributed by atoms with E-state index in [-0.39, 0.29) is 0 Å². The molecule has 2 heterocycles. The van der Waals surface area contributed by atoms with Crippen molar-refractivity contribution in [3.8, 4) is 11.4 Å². The van der Waals surface area contributed by atoms with Gasteiger partial charge in [-0.3, -0.25) is 0 Å². The van der Waals surface area contributed by atoms with E-state index in [1.807, 2.05) is 6.92 Å². The summed E-state index contributed by atoms with van der Waals surface area (Å²) in [5.74, 6) is 0.466. The van der Waals surface area contributed by atoms with Gasteiger partial charge in [0, 0.05) is 12.6 Å². The number of nitrogen functional groups attached to an aromatic ring is 1. The Morgan fingerprint density at radius 3 is 2.73 bits per heavy atom. The second-order valence-corrected chi connectivity index (χ2v) is 3.84. The van der Waals surface area contributed by atoms with E-state index < -0.39 is 0 Å². The fourth-order valence-electron chi connectivity index (χ4n) is 1.29. The highest BCUT2D eigenvalue weighted by molar-refractivity contribution is 9.10. The lowest BCUT2D eigenvalue weighted by molar-refractivity contribution is 0.718. The average Bonchev–Trinajstić information content (AvgIpc) is 2.52. The van der Waals surface area contributed by atoms with Crippen molar-refractivity contribution in [2.75, 3.05) is 5.73 Å². The molecule has 0 bridgehead atoms. The third-order valence-corrected chi connectivity index (χ3v) is 2.67. The van der Waals surface area contributed by atoms with Gasteiger partial charge in [0.2, 0.25) is 0 Å². The zero-order chi connectivity index (χ0) is 11.0. The molecule has 0 unspecified atom stereocenters. The number of halogens is 1. The van der Waals surface area contributed by atoms with Crippen LogP contribution in [0.5, 0.6) is 0 Å². The van der Waals surface area contributed by atoms with E-state index in [1.165, 1.54) is 6.33 Å². The van der Waals surface area contributed by atoms with Crippen molar-refractivity contribution in [2.45, 2.75) is 6.92 Å². The van der Waals surface area contributed by atoms with Gasteiger partial charge in [-0.15, -0.1) is 5.10 Å². The fraction of sp³-hybridized carbons (Fsp3) is 0.250. The molecule has 0 amide bonds. The Kier molecular flexibility index (Phi) is 2.39. The molecule has 15 heavy (non-hydrogen) atoms. The lowest BCUT2D eigenvalue weighted by atomic mass is 10.2. The van der Waals surface area contributed by atoms with E-state index in [9.17, 15) is 0 Å². The summed E-state index contributed by atoms with van der Waals surface area (Å²) in [5.41, 5.74) is 8.06. The predicted molar refractivity (Wildman–Crippen MR) is 58.9 cm³/mol. The SMILES string of the molecule is Cc1c(N)ncnc1-c1c(Br)nnn1C. The molecule has 2 aromatic rings. The number of hydrogen-bond donors (Lipinski definition) is 1. The quantitative estimate of drug-likeness (QED) is 0.832. The molecule has 0 fully saturated rings. The Labute approximate surface area is 94.7 Å². The first-order chi connectivity index (χ1) is 7.11. The summed E-state index contributed by atoms with van der Waals surface area (Å²) in [5, 5.41) is 7.77. The van der Waals surface area contributed by atoms with E-state index in [1.54, 1.807) is 11.7 Å². The molecule has 7 heteroatoms. The second-order valence-electron chi connectivity index (χ2n) is 3.08. The number of aryl methyl sites for hydroxylation is 1. The molecule has 2 aromatic heterocycles. The van der Waals surface area contributed by atoms with Crippen molar-refractivity contribution in [3.63, 3.8) is 0 Å². The molecule has 78 valence electrons. The van der Waals surface area contributed by atoms with Crippen LogP contribution in [0.15, 0.2) is 10.9 Å². The minimum atomic E-state index is 0.466.